The molecule has 1 aliphatic heterocycles. The van der Waals surface area contributed by atoms with Gasteiger partial charge >= 0.3 is 0 Å². The summed E-state index contributed by atoms with van der Waals surface area (Å²) < 4.78 is 6.10. The van der Waals surface area contributed by atoms with Crippen LogP contribution in [0.15, 0.2) is 70.4 Å². The molecule has 0 unspecified atom stereocenters. The van der Waals surface area contributed by atoms with Gasteiger partial charge in [0.15, 0.2) is 5.76 Å². The van der Waals surface area contributed by atoms with Crippen molar-refractivity contribution in [2.45, 2.75) is 12.8 Å². The van der Waals surface area contributed by atoms with E-state index in [9.17, 15) is 5.21 Å². The topological polar surface area (TPSA) is 61.9 Å². The smallest absolute Gasteiger partial charge is 0.155 e. The summed E-state index contributed by atoms with van der Waals surface area (Å²) in [5.74, 6) is 0.579. The van der Waals surface area contributed by atoms with Crippen molar-refractivity contribution in [1.29, 1.82) is 0 Å². The van der Waals surface area contributed by atoms with E-state index in [4.69, 9.17) is 4.42 Å². The quantitative estimate of drug-likeness (QED) is 0.423. The standard InChI is InChI=1S/C22H19N3O2/c26-24-19-13-22(20-11-15-5-1-2-6-16(15)14-23-20)27-21-8-7-17(12-18(19)21)25-9-3-4-10-25/h1-2,5-8,11-14,26H,3-4,9-10H2/b24-19+. The number of pyridine rings is 1. The number of rotatable bonds is 2. The van der Waals surface area contributed by atoms with Crippen LogP contribution in [0.4, 0.5) is 5.69 Å². The lowest BCUT2D eigenvalue weighted by molar-refractivity contribution is 0.302. The zero-order valence-electron chi connectivity index (χ0n) is 14.8. The molecule has 27 heavy (non-hydrogen) atoms. The summed E-state index contributed by atoms with van der Waals surface area (Å²) in [7, 11) is 0. The average Bonchev–Trinajstić information content (AvgIpc) is 3.27. The van der Waals surface area contributed by atoms with Crippen LogP contribution in [0.3, 0.4) is 0 Å². The van der Waals surface area contributed by atoms with E-state index in [0.717, 1.165) is 34.9 Å². The van der Waals surface area contributed by atoms with Crippen molar-refractivity contribution in [3.63, 3.8) is 0 Å². The molecular weight excluding hydrogens is 338 g/mol. The van der Waals surface area contributed by atoms with Gasteiger partial charge in [-0.05, 0) is 42.5 Å². The van der Waals surface area contributed by atoms with Crippen LogP contribution in [-0.2, 0) is 0 Å². The van der Waals surface area contributed by atoms with Crippen LogP contribution in [0.1, 0.15) is 12.8 Å². The maximum absolute atomic E-state index is 9.58. The normalized spacial score (nSPS) is 15.1. The molecule has 2 aromatic heterocycles. The van der Waals surface area contributed by atoms with Crippen molar-refractivity contribution in [2.75, 3.05) is 18.0 Å². The summed E-state index contributed by atoms with van der Waals surface area (Å²) in [6.07, 6.45) is 4.26. The first-order chi connectivity index (χ1) is 13.3. The first-order valence-corrected chi connectivity index (χ1v) is 9.18. The molecule has 1 aliphatic rings. The Balaban J connectivity index is 1.66. The van der Waals surface area contributed by atoms with Crippen molar-refractivity contribution >= 4 is 27.4 Å². The Labute approximate surface area is 156 Å². The zero-order chi connectivity index (χ0) is 18.2. The first-order valence-electron chi connectivity index (χ1n) is 9.18. The molecule has 3 heterocycles. The lowest BCUT2D eigenvalue weighted by Crippen LogP contribution is -2.17. The van der Waals surface area contributed by atoms with E-state index in [2.05, 4.69) is 21.1 Å². The summed E-state index contributed by atoms with van der Waals surface area (Å²) in [5.41, 5.74) is 2.53. The average molecular weight is 357 g/mol. The molecule has 0 radical (unpaired) electrons. The van der Waals surface area contributed by atoms with Gasteiger partial charge < -0.3 is 14.5 Å². The summed E-state index contributed by atoms with van der Waals surface area (Å²) in [4.78, 5) is 6.86. The number of anilines is 1. The molecule has 1 N–H and O–H groups in total. The van der Waals surface area contributed by atoms with Gasteiger partial charge in [-0.3, -0.25) is 4.98 Å². The maximum atomic E-state index is 9.58. The van der Waals surface area contributed by atoms with Crippen LogP contribution < -0.4 is 10.3 Å². The van der Waals surface area contributed by atoms with Gasteiger partial charge in [0.05, 0.1) is 0 Å². The molecule has 4 aromatic rings. The Hall–Kier alpha value is -3.34. The second-order valence-corrected chi connectivity index (χ2v) is 6.89. The lowest BCUT2D eigenvalue weighted by Gasteiger charge is -2.17. The Bertz CT molecular complexity index is 1210. The summed E-state index contributed by atoms with van der Waals surface area (Å²) >= 11 is 0. The highest BCUT2D eigenvalue weighted by Crippen LogP contribution is 2.27. The second kappa shape index (κ2) is 6.43. The molecule has 1 fully saturated rings. The predicted molar refractivity (Wildman–Crippen MR) is 106 cm³/mol. The third kappa shape index (κ3) is 2.81. The fourth-order valence-corrected chi connectivity index (χ4v) is 3.76. The van der Waals surface area contributed by atoms with Crippen molar-refractivity contribution in [2.24, 2.45) is 5.16 Å². The minimum Gasteiger partial charge on any atom is -0.454 e. The highest BCUT2D eigenvalue weighted by Gasteiger charge is 2.14. The summed E-state index contributed by atoms with van der Waals surface area (Å²) in [6.45, 7) is 2.13. The third-order valence-corrected chi connectivity index (χ3v) is 5.19. The highest BCUT2D eigenvalue weighted by atomic mass is 16.4. The molecular formula is C22H19N3O2. The van der Waals surface area contributed by atoms with Crippen molar-refractivity contribution in [3.8, 4) is 11.5 Å². The largest absolute Gasteiger partial charge is 0.454 e. The van der Waals surface area contributed by atoms with Crippen molar-refractivity contribution in [3.05, 3.63) is 66.2 Å². The minimum atomic E-state index is 0.488. The molecule has 0 bridgehead atoms. The summed E-state index contributed by atoms with van der Waals surface area (Å²) in [6, 6.07) is 17.8. The van der Waals surface area contributed by atoms with Gasteiger partial charge in [-0.1, -0.05) is 29.4 Å². The molecule has 0 spiro atoms. The number of aromatic nitrogens is 1. The monoisotopic (exact) mass is 357 g/mol. The van der Waals surface area contributed by atoms with Gasteiger partial charge in [0.25, 0.3) is 0 Å². The van der Waals surface area contributed by atoms with Gasteiger partial charge in [-0.25, -0.2) is 0 Å². The van der Waals surface area contributed by atoms with Gasteiger partial charge in [0.1, 0.15) is 16.6 Å². The van der Waals surface area contributed by atoms with E-state index >= 15 is 0 Å². The van der Waals surface area contributed by atoms with Gasteiger partial charge in [-0.15, -0.1) is 0 Å². The van der Waals surface area contributed by atoms with E-state index < -0.39 is 0 Å². The van der Waals surface area contributed by atoms with Crippen LogP contribution in [0.5, 0.6) is 0 Å². The van der Waals surface area contributed by atoms with Crippen LogP contribution >= 0.6 is 0 Å². The van der Waals surface area contributed by atoms with Gasteiger partial charge in [-0.2, -0.15) is 0 Å². The highest BCUT2D eigenvalue weighted by molar-refractivity contribution is 5.86. The second-order valence-electron chi connectivity index (χ2n) is 6.89. The molecule has 0 atom stereocenters. The van der Waals surface area contributed by atoms with E-state index in [1.54, 1.807) is 6.07 Å². The number of hydrogen-bond acceptors (Lipinski definition) is 5. The molecule has 5 heteroatoms. The Morgan fingerprint density at radius 3 is 2.59 bits per heavy atom. The minimum absolute atomic E-state index is 0.488. The maximum Gasteiger partial charge on any atom is 0.155 e. The van der Waals surface area contributed by atoms with Crippen molar-refractivity contribution < 1.29 is 9.62 Å². The predicted octanol–water partition coefficient (Wildman–Crippen LogP) is 4.54. The van der Waals surface area contributed by atoms with E-state index in [1.807, 2.05) is 48.7 Å². The van der Waals surface area contributed by atoms with Crippen LogP contribution in [0.2, 0.25) is 0 Å². The van der Waals surface area contributed by atoms with E-state index in [-0.39, 0.29) is 0 Å². The fourth-order valence-electron chi connectivity index (χ4n) is 3.76. The number of fused-ring (bicyclic) bond motifs is 2. The molecule has 0 aliphatic carbocycles. The number of nitrogens with zero attached hydrogens (tertiary/aromatic N) is 3. The molecule has 1 saturated heterocycles. The van der Waals surface area contributed by atoms with Gasteiger partial charge in [0, 0.05) is 41.8 Å². The molecule has 0 amide bonds. The van der Waals surface area contributed by atoms with E-state index in [1.165, 1.54) is 12.8 Å². The number of benzene rings is 2. The SMILES string of the molecule is O/N=c1\cc(-c2cc3ccccc3cn2)oc2ccc(N3CCCC3)cc12. The molecule has 134 valence electrons. The fraction of sp³-hybridized carbons (Fsp3) is 0.182. The van der Waals surface area contributed by atoms with E-state index in [0.29, 0.717) is 22.4 Å². The summed E-state index contributed by atoms with van der Waals surface area (Å²) in [5, 5.41) is 16.5. The van der Waals surface area contributed by atoms with Crippen molar-refractivity contribution in [1.82, 2.24) is 4.98 Å². The third-order valence-electron chi connectivity index (χ3n) is 5.19. The molecule has 2 aromatic carbocycles. The molecule has 5 rings (SSSR count). The number of hydrogen-bond donors (Lipinski definition) is 1. The Morgan fingerprint density at radius 1 is 0.963 bits per heavy atom. The Kier molecular flexibility index (Phi) is 3.78. The molecule has 5 nitrogen and oxygen atoms in total. The Morgan fingerprint density at radius 2 is 1.78 bits per heavy atom. The molecule has 0 saturated carbocycles. The first kappa shape index (κ1) is 15.9. The zero-order valence-corrected chi connectivity index (χ0v) is 14.8. The lowest BCUT2D eigenvalue weighted by atomic mass is 10.1. The van der Waals surface area contributed by atoms with Crippen LogP contribution in [-0.4, -0.2) is 23.3 Å². The van der Waals surface area contributed by atoms with Crippen LogP contribution in [0, 0.1) is 0 Å². The van der Waals surface area contributed by atoms with Gasteiger partial charge in [0.2, 0.25) is 0 Å². The van der Waals surface area contributed by atoms with Crippen LogP contribution in [0.25, 0.3) is 33.2 Å².